The maximum absolute atomic E-state index is 12.2. The van der Waals surface area contributed by atoms with E-state index in [1.54, 1.807) is 32.9 Å². The number of alkyl carbamates (subject to hydrolysis) is 1. The standard InChI is InChI=1S/C17H23NO5/c1-5-11-6-8-12(9-7-11)14(19)10-13(15(20)21)18-16(22)23-17(2,3)4/h6-9,13H,5,10H2,1-4H3,(H,18,22)(H,20,21). The second kappa shape index (κ2) is 7.76. The van der Waals surface area contributed by atoms with E-state index in [1.807, 2.05) is 19.1 Å². The van der Waals surface area contributed by atoms with Crippen molar-refractivity contribution in [2.24, 2.45) is 0 Å². The third kappa shape index (κ3) is 6.50. The number of carboxylic acids is 1. The number of benzene rings is 1. The van der Waals surface area contributed by atoms with Gasteiger partial charge >= 0.3 is 12.1 Å². The minimum absolute atomic E-state index is 0.333. The molecule has 0 heterocycles. The SMILES string of the molecule is CCc1ccc(C(=O)CC(NC(=O)OC(C)(C)C)C(=O)O)cc1. The van der Waals surface area contributed by atoms with Crippen LogP contribution < -0.4 is 5.32 Å². The van der Waals surface area contributed by atoms with Crippen LogP contribution in [0.5, 0.6) is 0 Å². The molecule has 0 aliphatic carbocycles. The first-order chi connectivity index (χ1) is 10.6. The van der Waals surface area contributed by atoms with Gasteiger partial charge in [-0.25, -0.2) is 9.59 Å². The van der Waals surface area contributed by atoms with E-state index < -0.39 is 23.7 Å². The van der Waals surface area contributed by atoms with Crippen LogP contribution >= 0.6 is 0 Å². The monoisotopic (exact) mass is 321 g/mol. The fourth-order valence-corrected chi connectivity index (χ4v) is 1.88. The van der Waals surface area contributed by atoms with Gasteiger partial charge < -0.3 is 15.2 Å². The largest absolute Gasteiger partial charge is 0.480 e. The zero-order valence-corrected chi connectivity index (χ0v) is 13.9. The Hall–Kier alpha value is -2.37. The molecular weight excluding hydrogens is 298 g/mol. The zero-order chi connectivity index (χ0) is 17.6. The van der Waals surface area contributed by atoms with Crippen LogP contribution in [0, 0.1) is 0 Å². The van der Waals surface area contributed by atoms with Crippen molar-refractivity contribution in [3.05, 3.63) is 35.4 Å². The maximum Gasteiger partial charge on any atom is 0.408 e. The van der Waals surface area contributed by atoms with E-state index in [0.717, 1.165) is 12.0 Å². The Morgan fingerprint density at radius 2 is 1.74 bits per heavy atom. The second-order valence-electron chi connectivity index (χ2n) is 6.21. The van der Waals surface area contributed by atoms with Crippen molar-refractivity contribution in [1.29, 1.82) is 0 Å². The summed E-state index contributed by atoms with van der Waals surface area (Å²) < 4.78 is 5.01. The predicted octanol–water partition coefficient (Wildman–Crippen LogP) is 2.80. The smallest absolute Gasteiger partial charge is 0.408 e. The summed E-state index contributed by atoms with van der Waals surface area (Å²) in [5.74, 6) is -1.63. The number of carbonyl (C=O) groups excluding carboxylic acids is 2. The minimum atomic E-state index is -1.33. The van der Waals surface area contributed by atoms with Crippen LogP contribution in [-0.2, 0) is 16.0 Å². The number of amides is 1. The lowest BCUT2D eigenvalue weighted by Crippen LogP contribution is -2.44. The van der Waals surface area contributed by atoms with E-state index in [1.165, 1.54) is 0 Å². The topological polar surface area (TPSA) is 92.7 Å². The average Bonchev–Trinajstić information content (AvgIpc) is 2.44. The van der Waals surface area contributed by atoms with Gasteiger partial charge in [0, 0.05) is 12.0 Å². The number of hydrogen-bond donors (Lipinski definition) is 2. The van der Waals surface area contributed by atoms with Crippen molar-refractivity contribution in [2.45, 2.75) is 52.2 Å². The number of aliphatic carboxylic acids is 1. The third-order valence-corrected chi connectivity index (χ3v) is 3.06. The van der Waals surface area contributed by atoms with Gasteiger partial charge in [-0.3, -0.25) is 4.79 Å². The number of carbonyl (C=O) groups is 3. The van der Waals surface area contributed by atoms with Gasteiger partial charge in [-0.05, 0) is 32.8 Å². The van der Waals surface area contributed by atoms with Crippen LogP contribution in [0.25, 0.3) is 0 Å². The number of ketones is 1. The molecule has 0 spiro atoms. The first-order valence-corrected chi connectivity index (χ1v) is 7.47. The molecule has 1 atom stereocenters. The summed E-state index contributed by atoms with van der Waals surface area (Å²) in [4.78, 5) is 35.1. The molecule has 6 heteroatoms. The zero-order valence-electron chi connectivity index (χ0n) is 13.9. The van der Waals surface area contributed by atoms with E-state index in [0.29, 0.717) is 5.56 Å². The van der Waals surface area contributed by atoms with E-state index in [2.05, 4.69) is 5.32 Å². The first-order valence-electron chi connectivity index (χ1n) is 7.47. The molecule has 0 radical (unpaired) electrons. The number of aryl methyl sites for hydroxylation is 1. The molecular formula is C17H23NO5. The average molecular weight is 321 g/mol. The number of rotatable bonds is 6. The molecule has 2 N–H and O–H groups in total. The third-order valence-electron chi connectivity index (χ3n) is 3.06. The molecule has 0 saturated heterocycles. The Morgan fingerprint density at radius 3 is 2.17 bits per heavy atom. The van der Waals surface area contributed by atoms with Gasteiger partial charge in [0.15, 0.2) is 5.78 Å². The highest BCUT2D eigenvalue weighted by molar-refractivity contribution is 5.99. The van der Waals surface area contributed by atoms with Gasteiger partial charge in [-0.2, -0.15) is 0 Å². The summed E-state index contributed by atoms with van der Waals surface area (Å²) in [6.07, 6.45) is -0.342. The molecule has 6 nitrogen and oxygen atoms in total. The fourth-order valence-electron chi connectivity index (χ4n) is 1.88. The number of ether oxygens (including phenoxy) is 1. The van der Waals surface area contributed by atoms with E-state index in [4.69, 9.17) is 4.74 Å². The Labute approximate surface area is 135 Å². The van der Waals surface area contributed by atoms with E-state index in [9.17, 15) is 19.5 Å². The lowest BCUT2D eigenvalue weighted by molar-refractivity contribution is -0.139. The van der Waals surface area contributed by atoms with Gasteiger partial charge in [0.2, 0.25) is 0 Å². The molecule has 1 unspecified atom stereocenters. The van der Waals surface area contributed by atoms with Crippen molar-refractivity contribution in [2.75, 3.05) is 0 Å². The van der Waals surface area contributed by atoms with E-state index >= 15 is 0 Å². The van der Waals surface area contributed by atoms with Crippen molar-refractivity contribution < 1.29 is 24.2 Å². The van der Waals surface area contributed by atoms with Gasteiger partial charge in [-0.15, -0.1) is 0 Å². The number of nitrogens with one attached hydrogen (secondary N) is 1. The summed E-state index contributed by atoms with van der Waals surface area (Å²) in [5, 5.41) is 11.4. The summed E-state index contributed by atoms with van der Waals surface area (Å²) in [6.45, 7) is 7.01. The Morgan fingerprint density at radius 1 is 1.17 bits per heavy atom. The molecule has 0 saturated carbocycles. The maximum atomic E-state index is 12.2. The van der Waals surface area contributed by atoms with Crippen molar-refractivity contribution in [3.8, 4) is 0 Å². The summed E-state index contributed by atoms with van der Waals surface area (Å²) >= 11 is 0. The lowest BCUT2D eigenvalue weighted by Gasteiger charge is -2.21. The number of carboxylic acid groups (broad SMARTS) is 1. The molecule has 0 fully saturated rings. The Balaban J connectivity index is 2.73. The highest BCUT2D eigenvalue weighted by Crippen LogP contribution is 2.11. The quantitative estimate of drug-likeness (QED) is 0.786. The Bertz CT molecular complexity index is 572. The predicted molar refractivity (Wildman–Crippen MR) is 85.6 cm³/mol. The molecule has 1 aromatic rings. The lowest BCUT2D eigenvalue weighted by atomic mass is 10.0. The molecule has 0 aromatic heterocycles. The highest BCUT2D eigenvalue weighted by Gasteiger charge is 2.26. The molecule has 1 amide bonds. The highest BCUT2D eigenvalue weighted by atomic mass is 16.6. The van der Waals surface area contributed by atoms with Gasteiger partial charge in [0.25, 0.3) is 0 Å². The molecule has 23 heavy (non-hydrogen) atoms. The van der Waals surface area contributed by atoms with Crippen LogP contribution in [0.3, 0.4) is 0 Å². The van der Waals surface area contributed by atoms with Crippen molar-refractivity contribution in [1.82, 2.24) is 5.32 Å². The van der Waals surface area contributed by atoms with Crippen molar-refractivity contribution in [3.63, 3.8) is 0 Å². The van der Waals surface area contributed by atoms with Crippen LogP contribution in [0.4, 0.5) is 4.79 Å². The normalized spacial score (nSPS) is 12.3. The van der Waals surface area contributed by atoms with Crippen LogP contribution in [-0.4, -0.2) is 34.6 Å². The number of hydrogen-bond acceptors (Lipinski definition) is 4. The second-order valence-corrected chi connectivity index (χ2v) is 6.21. The van der Waals surface area contributed by atoms with Gasteiger partial charge in [0.1, 0.15) is 11.6 Å². The van der Waals surface area contributed by atoms with Crippen molar-refractivity contribution >= 4 is 17.8 Å². The minimum Gasteiger partial charge on any atom is -0.480 e. The molecule has 1 aromatic carbocycles. The Kier molecular flexibility index (Phi) is 6.30. The molecule has 126 valence electrons. The molecule has 1 rings (SSSR count). The first kappa shape index (κ1) is 18.7. The van der Waals surface area contributed by atoms with Crippen LogP contribution in [0.1, 0.15) is 50.0 Å². The summed E-state index contributed by atoms with van der Waals surface area (Å²) in [5.41, 5.74) is 0.760. The molecule has 0 bridgehead atoms. The molecule has 0 aliphatic heterocycles. The van der Waals surface area contributed by atoms with Gasteiger partial charge in [0.05, 0.1) is 0 Å². The fraction of sp³-hybridized carbons (Fsp3) is 0.471. The molecule has 0 aliphatic rings. The number of Topliss-reactive ketones (excluding diaryl/α,β-unsaturated/α-hetero) is 1. The van der Waals surface area contributed by atoms with Crippen LogP contribution in [0.2, 0.25) is 0 Å². The van der Waals surface area contributed by atoms with Gasteiger partial charge in [-0.1, -0.05) is 31.2 Å². The van der Waals surface area contributed by atoms with Crippen LogP contribution in [0.15, 0.2) is 24.3 Å². The van der Waals surface area contributed by atoms with E-state index in [-0.39, 0.29) is 12.2 Å². The summed E-state index contributed by atoms with van der Waals surface area (Å²) in [7, 11) is 0. The summed E-state index contributed by atoms with van der Waals surface area (Å²) in [6, 6.07) is 5.64.